The Morgan fingerprint density at radius 3 is 2.67 bits per heavy atom. The lowest BCUT2D eigenvalue weighted by atomic mass is 10.1. The molecule has 0 aliphatic carbocycles. The SMILES string of the molecule is O=c1oc(-c2ccc3ccccc3c2)nc2ncccc12. The first-order valence-electron chi connectivity index (χ1n) is 6.56. The van der Waals surface area contributed by atoms with Crippen molar-refractivity contribution in [2.24, 2.45) is 0 Å². The van der Waals surface area contributed by atoms with Crippen molar-refractivity contribution in [3.8, 4) is 11.5 Å². The zero-order valence-corrected chi connectivity index (χ0v) is 11.0. The predicted octanol–water partition coefficient (Wildman–Crippen LogP) is 3.40. The van der Waals surface area contributed by atoms with Gasteiger partial charge in [-0.25, -0.2) is 9.78 Å². The lowest BCUT2D eigenvalue weighted by Gasteiger charge is -2.03. The largest absolute Gasteiger partial charge is 0.403 e. The highest BCUT2D eigenvalue weighted by atomic mass is 16.4. The molecule has 0 bridgehead atoms. The van der Waals surface area contributed by atoms with Gasteiger partial charge in [-0.1, -0.05) is 30.3 Å². The van der Waals surface area contributed by atoms with Gasteiger partial charge in [0.05, 0.1) is 0 Å². The van der Waals surface area contributed by atoms with Crippen LogP contribution in [0, 0.1) is 0 Å². The third-order valence-corrected chi connectivity index (χ3v) is 3.40. The highest BCUT2D eigenvalue weighted by Crippen LogP contribution is 2.23. The Bertz CT molecular complexity index is 1020. The zero-order chi connectivity index (χ0) is 14.2. The van der Waals surface area contributed by atoms with Crippen LogP contribution < -0.4 is 5.63 Å². The molecule has 2 aromatic heterocycles. The van der Waals surface area contributed by atoms with E-state index in [0.717, 1.165) is 16.3 Å². The van der Waals surface area contributed by atoms with E-state index in [1.165, 1.54) is 0 Å². The topological polar surface area (TPSA) is 56.0 Å². The Morgan fingerprint density at radius 2 is 1.76 bits per heavy atom. The molecule has 0 aliphatic heterocycles. The molecule has 0 saturated carbocycles. The van der Waals surface area contributed by atoms with Gasteiger partial charge in [0.2, 0.25) is 5.89 Å². The van der Waals surface area contributed by atoms with Gasteiger partial charge in [0.25, 0.3) is 0 Å². The minimum absolute atomic E-state index is 0.289. The first-order chi connectivity index (χ1) is 10.3. The molecule has 0 aliphatic rings. The van der Waals surface area contributed by atoms with Crippen LogP contribution >= 0.6 is 0 Å². The molecule has 0 radical (unpaired) electrons. The van der Waals surface area contributed by atoms with E-state index in [-0.39, 0.29) is 5.89 Å². The molecule has 0 fully saturated rings. The Balaban J connectivity index is 1.97. The van der Waals surface area contributed by atoms with Gasteiger partial charge >= 0.3 is 5.63 Å². The smallest absolute Gasteiger partial charge is 0.348 e. The fourth-order valence-corrected chi connectivity index (χ4v) is 2.35. The molecule has 21 heavy (non-hydrogen) atoms. The molecular weight excluding hydrogens is 264 g/mol. The van der Waals surface area contributed by atoms with Crippen LogP contribution in [0.25, 0.3) is 33.3 Å². The molecule has 2 heterocycles. The van der Waals surface area contributed by atoms with Crippen molar-refractivity contribution >= 4 is 21.8 Å². The number of fused-ring (bicyclic) bond motifs is 2. The number of benzene rings is 2. The fourth-order valence-electron chi connectivity index (χ4n) is 2.35. The second kappa shape index (κ2) is 4.52. The Kier molecular flexibility index (Phi) is 2.54. The molecule has 4 aromatic rings. The van der Waals surface area contributed by atoms with Crippen LogP contribution in [0.2, 0.25) is 0 Å². The van der Waals surface area contributed by atoms with Gasteiger partial charge in [0.1, 0.15) is 5.39 Å². The molecule has 0 unspecified atom stereocenters. The van der Waals surface area contributed by atoms with E-state index in [0.29, 0.717) is 11.0 Å². The van der Waals surface area contributed by atoms with Gasteiger partial charge < -0.3 is 4.42 Å². The Labute approximate surface area is 119 Å². The lowest BCUT2D eigenvalue weighted by Crippen LogP contribution is -2.03. The second-order valence-electron chi connectivity index (χ2n) is 4.74. The Morgan fingerprint density at radius 1 is 0.905 bits per heavy atom. The van der Waals surface area contributed by atoms with Crippen molar-refractivity contribution in [2.45, 2.75) is 0 Å². The molecule has 4 rings (SSSR count). The van der Waals surface area contributed by atoms with E-state index >= 15 is 0 Å². The van der Waals surface area contributed by atoms with Gasteiger partial charge in [-0.05, 0) is 35.0 Å². The van der Waals surface area contributed by atoms with Gasteiger partial charge in [0.15, 0.2) is 5.65 Å². The molecule has 4 heteroatoms. The van der Waals surface area contributed by atoms with Gasteiger partial charge in [-0.2, -0.15) is 4.98 Å². The maximum Gasteiger partial charge on any atom is 0.348 e. The van der Waals surface area contributed by atoms with E-state index in [2.05, 4.69) is 9.97 Å². The number of pyridine rings is 1. The molecule has 2 aromatic carbocycles. The van der Waals surface area contributed by atoms with Crippen molar-refractivity contribution in [3.63, 3.8) is 0 Å². The van der Waals surface area contributed by atoms with Crippen molar-refractivity contribution in [2.75, 3.05) is 0 Å². The summed E-state index contributed by atoms with van der Waals surface area (Å²) in [6, 6.07) is 17.2. The summed E-state index contributed by atoms with van der Waals surface area (Å²) in [5.41, 5.74) is 0.742. The zero-order valence-electron chi connectivity index (χ0n) is 11.0. The lowest BCUT2D eigenvalue weighted by molar-refractivity contribution is 0.517. The van der Waals surface area contributed by atoms with E-state index < -0.39 is 5.63 Å². The van der Waals surface area contributed by atoms with Gasteiger partial charge in [-0.15, -0.1) is 0 Å². The van der Waals surface area contributed by atoms with Crippen LogP contribution in [0.3, 0.4) is 0 Å². The number of hydrogen-bond donors (Lipinski definition) is 0. The molecule has 0 N–H and O–H groups in total. The normalized spacial score (nSPS) is 11.0. The molecule has 100 valence electrons. The molecular formula is C17H10N2O2. The van der Waals surface area contributed by atoms with Crippen LogP contribution in [0.1, 0.15) is 0 Å². The maximum absolute atomic E-state index is 12.0. The number of aromatic nitrogens is 2. The summed E-state index contributed by atoms with van der Waals surface area (Å²) in [6.45, 7) is 0. The average molecular weight is 274 g/mol. The monoisotopic (exact) mass is 274 g/mol. The molecule has 0 saturated heterocycles. The second-order valence-corrected chi connectivity index (χ2v) is 4.74. The standard InChI is InChI=1S/C17H10N2O2/c20-17-14-6-3-9-18-15(14)19-16(21-17)13-8-7-11-4-1-2-5-12(11)10-13/h1-10H. The van der Waals surface area contributed by atoms with Crippen molar-refractivity contribution in [1.29, 1.82) is 0 Å². The maximum atomic E-state index is 12.0. The van der Waals surface area contributed by atoms with Gasteiger partial charge in [0, 0.05) is 11.8 Å². The van der Waals surface area contributed by atoms with Crippen LogP contribution in [-0.2, 0) is 0 Å². The van der Waals surface area contributed by atoms with Crippen LogP contribution in [0.15, 0.2) is 70.0 Å². The molecule has 0 spiro atoms. The van der Waals surface area contributed by atoms with Gasteiger partial charge in [-0.3, -0.25) is 0 Å². The first-order valence-corrected chi connectivity index (χ1v) is 6.56. The summed E-state index contributed by atoms with van der Waals surface area (Å²) in [5.74, 6) is 0.289. The number of rotatable bonds is 1. The third-order valence-electron chi connectivity index (χ3n) is 3.40. The molecule has 0 atom stereocenters. The van der Waals surface area contributed by atoms with E-state index in [9.17, 15) is 4.79 Å². The van der Waals surface area contributed by atoms with E-state index in [1.54, 1.807) is 18.3 Å². The quantitative estimate of drug-likeness (QED) is 0.534. The van der Waals surface area contributed by atoms with Crippen LogP contribution in [0.4, 0.5) is 0 Å². The summed E-state index contributed by atoms with van der Waals surface area (Å²) >= 11 is 0. The summed E-state index contributed by atoms with van der Waals surface area (Å²) in [4.78, 5) is 20.4. The highest BCUT2D eigenvalue weighted by molar-refractivity contribution is 5.86. The van der Waals surface area contributed by atoms with Crippen LogP contribution in [-0.4, -0.2) is 9.97 Å². The number of nitrogens with zero attached hydrogens (tertiary/aromatic N) is 2. The minimum Gasteiger partial charge on any atom is -0.403 e. The number of hydrogen-bond acceptors (Lipinski definition) is 4. The van der Waals surface area contributed by atoms with E-state index in [4.69, 9.17) is 4.42 Å². The minimum atomic E-state index is -0.420. The fraction of sp³-hybridized carbons (Fsp3) is 0. The summed E-state index contributed by atoms with van der Waals surface area (Å²) < 4.78 is 5.32. The summed E-state index contributed by atoms with van der Waals surface area (Å²) in [5, 5.41) is 2.59. The first kappa shape index (κ1) is 11.8. The van der Waals surface area contributed by atoms with Crippen molar-refractivity contribution < 1.29 is 4.42 Å². The Hall–Kier alpha value is -3.01. The summed E-state index contributed by atoms with van der Waals surface area (Å²) in [6.07, 6.45) is 1.61. The van der Waals surface area contributed by atoms with E-state index in [1.807, 2.05) is 42.5 Å². The molecule has 0 amide bonds. The van der Waals surface area contributed by atoms with Crippen molar-refractivity contribution in [1.82, 2.24) is 9.97 Å². The predicted molar refractivity (Wildman–Crippen MR) is 81.0 cm³/mol. The third kappa shape index (κ3) is 1.97. The summed E-state index contributed by atoms with van der Waals surface area (Å²) in [7, 11) is 0. The molecule has 4 nitrogen and oxygen atoms in total. The highest BCUT2D eigenvalue weighted by Gasteiger charge is 2.09. The van der Waals surface area contributed by atoms with Crippen molar-refractivity contribution in [3.05, 3.63) is 71.2 Å². The van der Waals surface area contributed by atoms with Crippen LogP contribution in [0.5, 0.6) is 0 Å². The average Bonchev–Trinajstić information content (AvgIpc) is 2.54.